The van der Waals surface area contributed by atoms with Gasteiger partial charge in [0.2, 0.25) is 0 Å². The minimum absolute atomic E-state index is 0.102. The molecule has 0 radical (unpaired) electrons. The molecule has 6 heteroatoms. The Hall–Kier alpha value is -3.67. The summed E-state index contributed by atoms with van der Waals surface area (Å²) in [7, 11) is 0. The highest BCUT2D eigenvalue weighted by Gasteiger charge is 2.19. The molecule has 0 aliphatic heterocycles. The van der Waals surface area contributed by atoms with E-state index in [2.05, 4.69) is 57.2 Å². The maximum absolute atomic E-state index is 12.8. The van der Waals surface area contributed by atoms with E-state index in [0.29, 0.717) is 19.3 Å². The Balaban J connectivity index is 4.50. The third kappa shape index (κ3) is 51.3. The molecule has 0 rings (SSSR count). The summed E-state index contributed by atoms with van der Waals surface area (Å²) >= 11 is 0. The molecule has 0 aromatic heterocycles. The van der Waals surface area contributed by atoms with E-state index >= 15 is 0 Å². The molecule has 1 unspecified atom stereocenters. The van der Waals surface area contributed by atoms with Crippen molar-refractivity contribution in [1.82, 2.24) is 0 Å². The molecule has 0 bridgehead atoms. The Bertz CT molecular complexity index is 1330. The highest BCUT2D eigenvalue weighted by atomic mass is 16.6. The van der Waals surface area contributed by atoms with Crippen molar-refractivity contribution < 1.29 is 28.6 Å². The summed E-state index contributed by atoms with van der Waals surface area (Å²) in [6, 6.07) is 0. The topological polar surface area (TPSA) is 78.9 Å². The monoisotopic (exact) mass is 917 g/mol. The number of hydrogen-bond donors (Lipinski definition) is 0. The molecule has 0 saturated heterocycles. The summed E-state index contributed by atoms with van der Waals surface area (Å²) in [6.07, 6.45) is 71.0. The minimum atomic E-state index is -0.805. The van der Waals surface area contributed by atoms with Crippen molar-refractivity contribution >= 4 is 17.9 Å². The van der Waals surface area contributed by atoms with Gasteiger partial charge < -0.3 is 14.2 Å². The summed E-state index contributed by atoms with van der Waals surface area (Å²) < 4.78 is 16.8. The van der Waals surface area contributed by atoms with E-state index in [1.165, 1.54) is 122 Å². The van der Waals surface area contributed by atoms with Gasteiger partial charge >= 0.3 is 17.9 Å². The standard InChI is InChI=1S/C60H100O6/c1-4-7-10-13-16-19-22-25-28-30-32-35-38-41-44-47-50-53-59(62)65-56-57(55-64-58(61)52-49-46-43-40-37-34-27-24-21-18-15-12-9-6-3)66-60(63)54-51-48-45-42-39-36-33-31-29-26-23-20-17-14-11-8-5-2/h7,10,13,16,19,22,25-26,28-30,32,34-35,37-38,57H,4-6,8-9,11-12,14-15,17-18,20-21,23-24,27,31,33,36,39-56H2,1-3H3/b10-7-,16-13-,22-19-,28-25-,29-26-,32-30+,37-34-,38-35-. The van der Waals surface area contributed by atoms with Crippen molar-refractivity contribution in [2.24, 2.45) is 0 Å². The van der Waals surface area contributed by atoms with Gasteiger partial charge in [-0.3, -0.25) is 14.4 Å². The van der Waals surface area contributed by atoms with E-state index in [0.717, 1.165) is 83.5 Å². The van der Waals surface area contributed by atoms with Gasteiger partial charge in [-0.15, -0.1) is 0 Å². The van der Waals surface area contributed by atoms with Crippen LogP contribution in [0.15, 0.2) is 97.2 Å². The minimum Gasteiger partial charge on any atom is -0.462 e. The number of ether oxygens (including phenoxy) is 3. The highest BCUT2D eigenvalue weighted by molar-refractivity contribution is 5.71. The van der Waals surface area contributed by atoms with Gasteiger partial charge in [0.25, 0.3) is 0 Å². The quantitative estimate of drug-likeness (QED) is 0.0199. The van der Waals surface area contributed by atoms with Crippen LogP contribution in [0.2, 0.25) is 0 Å². The van der Waals surface area contributed by atoms with E-state index in [1.807, 2.05) is 60.8 Å². The van der Waals surface area contributed by atoms with Gasteiger partial charge in [-0.25, -0.2) is 0 Å². The molecule has 0 aliphatic rings. The lowest BCUT2D eigenvalue weighted by Gasteiger charge is -2.18. The Kier molecular flexibility index (Phi) is 50.9. The Morgan fingerprint density at radius 2 is 0.606 bits per heavy atom. The lowest BCUT2D eigenvalue weighted by Crippen LogP contribution is -2.30. The van der Waals surface area contributed by atoms with Gasteiger partial charge in [0.15, 0.2) is 6.10 Å². The average molecular weight is 917 g/mol. The van der Waals surface area contributed by atoms with E-state index in [9.17, 15) is 14.4 Å². The molecule has 0 fully saturated rings. The summed E-state index contributed by atoms with van der Waals surface area (Å²) in [5, 5.41) is 0. The van der Waals surface area contributed by atoms with Crippen molar-refractivity contribution in [2.75, 3.05) is 13.2 Å². The van der Waals surface area contributed by atoms with Gasteiger partial charge in [0.05, 0.1) is 0 Å². The van der Waals surface area contributed by atoms with Crippen LogP contribution in [0.25, 0.3) is 0 Å². The maximum Gasteiger partial charge on any atom is 0.306 e. The first kappa shape index (κ1) is 62.3. The lowest BCUT2D eigenvalue weighted by atomic mass is 10.1. The Labute approximate surface area is 407 Å². The lowest BCUT2D eigenvalue weighted by molar-refractivity contribution is -0.167. The zero-order valence-corrected chi connectivity index (χ0v) is 42.9. The molecular weight excluding hydrogens is 817 g/mol. The Morgan fingerprint density at radius 3 is 0.985 bits per heavy atom. The number of carbonyl (C=O) groups is 3. The van der Waals surface area contributed by atoms with Crippen LogP contribution in [0.1, 0.15) is 245 Å². The second kappa shape index (κ2) is 53.9. The number of rotatable bonds is 48. The molecule has 66 heavy (non-hydrogen) atoms. The third-order valence-electron chi connectivity index (χ3n) is 11.5. The van der Waals surface area contributed by atoms with Crippen molar-refractivity contribution in [2.45, 2.75) is 252 Å². The van der Waals surface area contributed by atoms with Crippen LogP contribution in [0.4, 0.5) is 0 Å². The van der Waals surface area contributed by atoms with E-state index in [4.69, 9.17) is 14.2 Å². The number of esters is 3. The normalized spacial score (nSPS) is 12.8. The third-order valence-corrected chi connectivity index (χ3v) is 11.5. The first-order valence-corrected chi connectivity index (χ1v) is 27.3. The van der Waals surface area contributed by atoms with E-state index < -0.39 is 6.10 Å². The molecule has 0 N–H and O–H groups in total. The second-order valence-electron chi connectivity index (χ2n) is 17.9. The van der Waals surface area contributed by atoms with Crippen molar-refractivity contribution in [1.29, 1.82) is 0 Å². The van der Waals surface area contributed by atoms with Crippen molar-refractivity contribution in [3.8, 4) is 0 Å². The molecular formula is C60H100O6. The molecule has 6 nitrogen and oxygen atoms in total. The van der Waals surface area contributed by atoms with Crippen LogP contribution in [-0.4, -0.2) is 37.2 Å². The van der Waals surface area contributed by atoms with Crippen LogP contribution < -0.4 is 0 Å². The molecule has 0 aliphatic carbocycles. The molecule has 1 atom stereocenters. The molecule has 0 amide bonds. The fraction of sp³-hybridized carbons (Fsp3) is 0.683. The van der Waals surface area contributed by atoms with Crippen molar-refractivity contribution in [3.05, 3.63) is 97.2 Å². The summed E-state index contributed by atoms with van der Waals surface area (Å²) in [5.41, 5.74) is 0. The zero-order valence-electron chi connectivity index (χ0n) is 42.9. The summed E-state index contributed by atoms with van der Waals surface area (Å²) in [6.45, 7) is 6.43. The molecule has 0 aromatic carbocycles. The zero-order chi connectivity index (χ0) is 47.9. The molecule has 376 valence electrons. The summed E-state index contributed by atoms with van der Waals surface area (Å²) in [4.78, 5) is 38.1. The predicted octanol–water partition coefficient (Wildman–Crippen LogP) is 18.1. The number of carbonyl (C=O) groups excluding carboxylic acids is 3. The largest absolute Gasteiger partial charge is 0.462 e. The number of hydrogen-bond acceptors (Lipinski definition) is 6. The predicted molar refractivity (Wildman–Crippen MR) is 284 cm³/mol. The Morgan fingerprint density at radius 1 is 0.318 bits per heavy atom. The fourth-order valence-electron chi connectivity index (χ4n) is 7.34. The number of allylic oxidation sites excluding steroid dienone is 16. The molecule has 0 spiro atoms. The molecule has 0 heterocycles. The first-order valence-electron chi connectivity index (χ1n) is 27.3. The van der Waals surface area contributed by atoms with Gasteiger partial charge in [0.1, 0.15) is 13.2 Å². The second-order valence-corrected chi connectivity index (χ2v) is 17.9. The van der Waals surface area contributed by atoms with Crippen LogP contribution in [0.3, 0.4) is 0 Å². The smallest absolute Gasteiger partial charge is 0.306 e. The number of unbranched alkanes of at least 4 members (excludes halogenated alkanes) is 26. The van der Waals surface area contributed by atoms with Gasteiger partial charge in [-0.2, -0.15) is 0 Å². The first-order chi connectivity index (χ1) is 32.5. The average Bonchev–Trinajstić information content (AvgIpc) is 3.31. The highest BCUT2D eigenvalue weighted by Crippen LogP contribution is 2.14. The van der Waals surface area contributed by atoms with Crippen LogP contribution in [0.5, 0.6) is 0 Å². The maximum atomic E-state index is 12.8. The van der Waals surface area contributed by atoms with Crippen LogP contribution in [0, 0.1) is 0 Å². The van der Waals surface area contributed by atoms with Gasteiger partial charge in [-0.1, -0.05) is 234 Å². The fourth-order valence-corrected chi connectivity index (χ4v) is 7.34. The van der Waals surface area contributed by atoms with Crippen molar-refractivity contribution in [3.63, 3.8) is 0 Å². The summed E-state index contributed by atoms with van der Waals surface area (Å²) in [5.74, 6) is -0.965. The van der Waals surface area contributed by atoms with E-state index in [1.54, 1.807) is 0 Å². The van der Waals surface area contributed by atoms with Gasteiger partial charge in [-0.05, 0) is 89.9 Å². The van der Waals surface area contributed by atoms with Gasteiger partial charge in [0, 0.05) is 19.3 Å². The van der Waals surface area contributed by atoms with Crippen LogP contribution >= 0.6 is 0 Å². The van der Waals surface area contributed by atoms with Crippen LogP contribution in [-0.2, 0) is 28.6 Å². The molecule has 0 aromatic rings. The van der Waals surface area contributed by atoms with E-state index in [-0.39, 0.29) is 31.1 Å². The molecule has 0 saturated carbocycles. The SMILES string of the molecule is CC\C=C/C=C\C=C/C=C\C=C\C=C/CCCCCC(=O)OCC(COC(=O)CCCCC/C=C\CCCCCCCCC)OC(=O)CCCCCCCCC/C=C\CCCCCCCC.